The van der Waals surface area contributed by atoms with Crippen molar-refractivity contribution in [2.75, 3.05) is 7.05 Å². The summed E-state index contributed by atoms with van der Waals surface area (Å²) in [5, 5.41) is 3.15. The Kier molecular flexibility index (Phi) is 4.69. The van der Waals surface area contributed by atoms with Crippen LogP contribution in [0.5, 0.6) is 5.75 Å². The normalized spacial score (nSPS) is 12.4. The lowest BCUT2D eigenvalue weighted by Crippen LogP contribution is -2.19. The summed E-state index contributed by atoms with van der Waals surface area (Å²) in [6.07, 6.45) is 0. The summed E-state index contributed by atoms with van der Waals surface area (Å²) in [7, 11) is 1.80. The van der Waals surface area contributed by atoms with E-state index in [0.717, 1.165) is 11.1 Å². The molecule has 2 aromatic rings. The molecule has 1 unspecified atom stereocenters. The monoisotopic (exact) mass is 277 g/mol. The van der Waals surface area contributed by atoms with Gasteiger partial charge < -0.3 is 10.1 Å². The Balaban J connectivity index is 2.41. The summed E-state index contributed by atoms with van der Waals surface area (Å²) in [6.45, 7) is -0.830. The molecule has 1 N–H and O–H groups in total. The molecule has 0 saturated heterocycles. The first-order chi connectivity index (χ1) is 9.61. The van der Waals surface area contributed by atoms with E-state index < -0.39 is 6.61 Å². The highest BCUT2D eigenvalue weighted by Crippen LogP contribution is 2.31. The van der Waals surface area contributed by atoms with E-state index in [1.54, 1.807) is 25.2 Å². The lowest BCUT2D eigenvalue weighted by Gasteiger charge is -2.20. The van der Waals surface area contributed by atoms with Crippen molar-refractivity contribution in [3.8, 4) is 5.75 Å². The predicted molar refractivity (Wildman–Crippen MR) is 75.2 cm³/mol. The molecular weight excluding hydrogens is 260 g/mol. The molecule has 2 nitrogen and oxygen atoms in total. The fraction of sp³-hybridized carbons (Fsp3) is 0.250. The first kappa shape index (κ1) is 14.5. The zero-order chi connectivity index (χ0) is 14.5. The number of aryl methyl sites for hydroxylation is 1. The van der Waals surface area contributed by atoms with E-state index in [0.29, 0.717) is 5.56 Å². The van der Waals surface area contributed by atoms with Crippen LogP contribution in [0.1, 0.15) is 22.7 Å². The second kappa shape index (κ2) is 6.48. The van der Waals surface area contributed by atoms with Gasteiger partial charge in [0.1, 0.15) is 5.75 Å². The van der Waals surface area contributed by atoms with E-state index in [9.17, 15) is 8.78 Å². The van der Waals surface area contributed by atoms with Crippen molar-refractivity contribution in [3.05, 3.63) is 65.2 Å². The van der Waals surface area contributed by atoms with Crippen LogP contribution in [0.15, 0.2) is 48.5 Å². The molecule has 0 amide bonds. The topological polar surface area (TPSA) is 21.3 Å². The van der Waals surface area contributed by atoms with Gasteiger partial charge >= 0.3 is 6.61 Å². The molecule has 1 atom stereocenters. The molecule has 0 aliphatic rings. The predicted octanol–water partition coefficient (Wildman–Crippen LogP) is 3.91. The third-order valence-electron chi connectivity index (χ3n) is 3.11. The highest BCUT2D eigenvalue weighted by Gasteiger charge is 2.18. The van der Waals surface area contributed by atoms with Crippen LogP contribution >= 0.6 is 0 Å². The fourth-order valence-electron chi connectivity index (χ4n) is 2.27. The second-order valence-electron chi connectivity index (χ2n) is 4.55. The Bertz CT molecular complexity index is 572. The third-order valence-corrected chi connectivity index (χ3v) is 3.11. The first-order valence-electron chi connectivity index (χ1n) is 6.39. The van der Waals surface area contributed by atoms with Gasteiger partial charge in [0.25, 0.3) is 0 Å². The van der Waals surface area contributed by atoms with Crippen molar-refractivity contribution in [2.45, 2.75) is 19.6 Å². The van der Waals surface area contributed by atoms with Crippen LogP contribution in [-0.2, 0) is 0 Å². The lowest BCUT2D eigenvalue weighted by molar-refractivity contribution is -0.0506. The molecule has 106 valence electrons. The highest BCUT2D eigenvalue weighted by molar-refractivity contribution is 5.42. The van der Waals surface area contributed by atoms with Crippen molar-refractivity contribution in [2.24, 2.45) is 0 Å². The number of benzene rings is 2. The molecular formula is C16H17F2NO. The average Bonchev–Trinajstić information content (AvgIpc) is 2.41. The SMILES string of the molecule is CNC(c1cccc(C)c1)c1ccccc1OC(F)F. The number of para-hydroxylation sites is 1. The maximum atomic E-state index is 12.5. The number of alkyl halides is 2. The Labute approximate surface area is 117 Å². The Hall–Kier alpha value is -1.94. The average molecular weight is 277 g/mol. The molecule has 2 aromatic carbocycles. The summed E-state index contributed by atoms with van der Waals surface area (Å²) in [6, 6.07) is 14.6. The summed E-state index contributed by atoms with van der Waals surface area (Å²) in [5.74, 6) is 0.198. The molecule has 0 saturated carbocycles. The van der Waals surface area contributed by atoms with Gasteiger partial charge in [0.2, 0.25) is 0 Å². The summed E-state index contributed by atoms with van der Waals surface area (Å²) in [5.41, 5.74) is 2.83. The minimum Gasteiger partial charge on any atom is -0.434 e. The minimum atomic E-state index is -2.83. The molecule has 4 heteroatoms. The van der Waals surface area contributed by atoms with Gasteiger partial charge in [-0.1, -0.05) is 48.0 Å². The van der Waals surface area contributed by atoms with Crippen LogP contribution in [0.25, 0.3) is 0 Å². The van der Waals surface area contributed by atoms with E-state index in [4.69, 9.17) is 0 Å². The second-order valence-corrected chi connectivity index (χ2v) is 4.55. The lowest BCUT2D eigenvalue weighted by atomic mass is 9.97. The molecule has 0 aromatic heterocycles. The summed E-state index contributed by atoms with van der Waals surface area (Å²) >= 11 is 0. The van der Waals surface area contributed by atoms with Gasteiger partial charge in [-0.2, -0.15) is 8.78 Å². The third kappa shape index (κ3) is 3.33. The van der Waals surface area contributed by atoms with Crippen LogP contribution in [0.4, 0.5) is 8.78 Å². The number of ether oxygens (including phenoxy) is 1. The number of hydrogen-bond donors (Lipinski definition) is 1. The maximum absolute atomic E-state index is 12.5. The molecule has 0 bridgehead atoms. The minimum absolute atomic E-state index is 0.190. The molecule has 0 radical (unpaired) electrons. The van der Waals surface area contributed by atoms with Gasteiger partial charge in [0.05, 0.1) is 6.04 Å². The largest absolute Gasteiger partial charge is 0.434 e. The molecule has 2 rings (SSSR count). The fourth-order valence-corrected chi connectivity index (χ4v) is 2.27. The van der Waals surface area contributed by atoms with Crippen molar-refractivity contribution in [1.82, 2.24) is 5.32 Å². The Morgan fingerprint density at radius 1 is 1.05 bits per heavy atom. The van der Waals surface area contributed by atoms with Gasteiger partial charge in [-0.05, 0) is 25.6 Å². The van der Waals surface area contributed by atoms with Gasteiger partial charge in [0.15, 0.2) is 0 Å². The molecule has 0 fully saturated rings. The van der Waals surface area contributed by atoms with E-state index in [-0.39, 0.29) is 11.8 Å². The number of rotatable bonds is 5. The van der Waals surface area contributed by atoms with Crippen molar-refractivity contribution in [3.63, 3.8) is 0 Å². The number of nitrogens with one attached hydrogen (secondary N) is 1. The van der Waals surface area contributed by atoms with Gasteiger partial charge in [-0.15, -0.1) is 0 Å². The smallest absolute Gasteiger partial charge is 0.387 e. The van der Waals surface area contributed by atoms with Crippen LogP contribution < -0.4 is 10.1 Å². The standard InChI is InChI=1S/C16H17F2NO/c1-11-6-5-7-12(10-11)15(19-2)13-8-3-4-9-14(13)20-16(17)18/h3-10,15-16,19H,1-2H3. The van der Waals surface area contributed by atoms with Crippen LogP contribution in [0.2, 0.25) is 0 Å². The molecule has 0 aliphatic heterocycles. The van der Waals surface area contributed by atoms with E-state index in [1.165, 1.54) is 0 Å². The Morgan fingerprint density at radius 2 is 1.80 bits per heavy atom. The van der Waals surface area contributed by atoms with Crippen LogP contribution in [0, 0.1) is 6.92 Å². The molecule has 0 aliphatic carbocycles. The number of halogens is 2. The molecule has 20 heavy (non-hydrogen) atoms. The first-order valence-corrected chi connectivity index (χ1v) is 6.39. The van der Waals surface area contributed by atoms with Crippen molar-refractivity contribution in [1.29, 1.82) is 0 Å². The molecule has 0 spiro atoms. The summed E-state index contributed by atoms with van der Waals surface area (Å²) < 4.78 is 29.6. The van der Waals surface area contributed by atoms with Crippen molar-refractivity contribution < 1.29 is 13.5 Å². The van der Waals surface area contributed by atoms with Gasteiger partial charge in [-0.3, -0.25) is 0 Å². The zero-order valence-corrected chi connectivity index (χ0v) is 11.4. The molecule has 0 heterocycles. The van der Waals surface area contributed by atoms with Crippen molar-refractivity contribution >= 4 is 0 Å². The zero-order valence-electron chi connectivity index (χ0n) is 11.4. The van der Waals surface area contributed by atoms with E-state index in [1.807, 2.05) is 37.3 Å². The number of hydrogen-bond acceptors (Lipinski definition) is 2. The van der Waals surface area contributed by atoms with Gasteiger partial charge in [0, 0.05) is 5.56 Å². The highest BCUT2D eigenvalue weighted by atomic mass is 19.3. The quantitative estimate of drug-likeness (QED) is 0.894. The Morgan fingerprint density at radius 3 is 2.45 bits per heavy atom. The van der Waals surface area contributed by atoms with Crippen LogP contribution in [0.3, 0.4) is 0 Å². The maximum Gasteiger partial charge on any atom is 0.387 e. The van der Waals surface area contributed by atoms with Gasteiger partial charge in [-0.25, -0.2) is 0 Å². The van der Waals surface area contributed by atoms with E-state index >= 15 is 0 Å². The summed E-state index contributed by atoms with van der Waals surface area (Å²) in [4.78, 5) is 0. The van der Waals surface area contributed by atoms with E-state index in [2.05, 4.69) is 10.1 Å². The van der Waals surface area contributed by atoms with Crippen LogP contribution in [-0.4, -0.2) is 13.7 Å².